The molecule has 0 saturated heterocycles. The summed E-state index contributed by atoms with van der Waals surface area (Å²) in [6.07, 6.45) is 2.34. The van der Waals surface area contributed by atoms with Crippen molar-refractivity contribution in [3.8, 4) is 5.69 Å². The van der Waals surface area contributed by atoms with Crippen LogP contribution >= 0.6 is 23.1 Å². The van der Waals surface area contributed by atoms with E-state index in [2.05, 4.69) is 57.8 Å². The zero-order chi connectivity index (χ0) is 19.0. The van der Waals surface area contributed by atoms with Gasteiger partial charge in [-0.2, -0.15) is 0 Å². The number of nitrogens with one attached hydrogen (secondary N) is 1. The summed E-state index contributed by atoms with van der Waals surface area (Å²) < 4.78 is 2.00. The molecule has 0 bridgehead atoms. The largest absolute Gasteiger partial charge is 0.300 e. The van der Waals surface area contributed by atoms with E-state index in [0.717, 1.165) is 22.1 Å². The highest BCUT2D eigenvalue weighted by atomic mass is 32.2. The number of hydrogen-bond acceptors (Lipinski definition) is 7. The van der Waals surface area contributed by atoms with E-state index < -0.39 is 0 Å². The number of benzene rings is 1. The molecule has 3 aromatic rings. The maximum absolute atomic E-state index is 12.3. The average Bonchev–Trinajstić information content (AvgIpc) is 3.28. The first-order valence-electron chi connectivity index (χ1n) is 8.77. The monoisotopic (exact) mass is 400 g/mol. The van der Waals surface area contributed by atoms with Crippen LogP contribution in [0.4, 0.5) is 5.13 Å². The quantitative estimate of drug-likeness (QED) is 0.636. The van der Waals surface area contributed by atoms with Crippen molar-refractivity contribution in [1.82, 2.24) is 25.0 Å². The zero-order valence-electron chi connectivity index (χ0n) is 15.4. The number of aromatic nitrogens is 5. The van der Waals surface area contributed by atoms with Crippen LogP contribution in [0.3, 0.4) is 0 Å². The summed E-state index contributed by atoms with van der Waals surface area (Å²) in [7, 11) is 0. The highest BCUT2D eigenvalue weighted by molar-refractivity contribution is 7.99. The summed E-state index contributed by atoms with van der Waals surface area (Å²) in [5.41, 5.74) is 3.34. The smallest absolute Gasteiger partial charge is 0.236 e. The lowest BCUT2D eigenvalue weighted by Crippen LogP contribution is -2.14. The minimum atomic E-state index is -0.119. The first-order valence-corrected chi connectivity index (χ1v) is 10.6. The van der Waals surface area contributed by atoms with Crippen LogP contribution in [0.25, 0.3) is 5.69 Å². The fraction of sp³-hybridized carbons (Fsp3) is 0.389. The number of amides is 1. The topological polar surface area (TPSA) is 85.6 Å². The van der Waals surface area contributed by atoms with Gasteiger partial charge in [-0.25, -0.2) is 0 Å². The normalized spacial score (nSPS) is 13.7. The molecule has 4 rings (SSSR count). The van der Waals surface area contributed by atoms with Crippen LogP contribution in [0.2, 0.25) is 0 Å². The second-order valence-corrected chi connectivity index (χ2v) is 8.66. The van der Waals surface area contributed by atoms with E-state index in [9.17, 15) is 4.79 Å². The molecule has 0 atom stereocenters. The molecule has 1 aliphatic carbocycles. The minimum absolute atomic E-state index is 0.119. The standard InChI is InChI=1S/C18H20N6OS2/c1-10-4-5-11(2)14(8-10)24-12(3)20-23-18(24)26-9-15(25)19-17-22-21-16(27-17)13-6-7-13/h4-5,8,13H,6-7,9H2,1-3H3,(H,19,22,25). The number of carbonyl (C=O) groups excluding carboxylic acids is 1. The molecule has 27 heavy (non-hydrogen) atoms. The molecule has 9 heteroatoms. The highest BCUT2D eigenvalue weighted by Gasteiger charge is 2.27. The summed E-state index contributed by atoms with van der Waals surface area (Å²) in [6, 6.07) is 6.27. The molecule has 1 aliphatic rings. The predicted octanol–water partition coefficient (Wildman–Crippen LogP) is 3.65. The number of aryl methyl sites for hydroxylation is 3. The molecule has 0 aliphatic heterocycles. The van der Waals surface area contributed by atoms with Crippen molar-refractivity contribution in [2.24, 2.45) is 0 Å². The van der Waals surface area contributed by atoms with Crippen molar-refractivity contribution in [2.75, 3.05) is 11.1 Å². The van der Waals surface area contributed by atoms with E-state index in [1.807, 2.05) is 11.5 Å². The van der Waals surface area contributed by atoms with Gasteiger partial charge in [-0.15, -0.1) is 20.4 Å². The van der Waals surface area contributed by atoms with Crippen molar-refractivity contribution >= 4 is 34.1 Å². The first-order chi connectivity index (χ1) is 13.0. The summed E-state index contributed by atoms with van der Waals surface area (Å²) >= 11 is 2.83. The Morgan fingerprint density at radius 3 is 2.81 bits per heavy atom. The Hall–Kier alpha value is -2.26. The maximum atomic E-state index is 12.3. The van der Waals surface area contributed by atoms with Crippen LogP contribution in [-0.2, 0) is 4.79 Å². The average molecular weight is 401 g/mol. The van der Waals surface area contributed by atoms with Gasteiger partial charge in [-0.1, -0.05) is 35.2 Å². The minimum Gasteiger partial charge on any atom is -0.300 e. The van der Waals surface area contributed by atoms with E-state index in [1.165, 1.54) is 41.5 Å². The summed E-state index contributed by atoms with van der Waals surface area (Å²) in [6.45, 7) is 6.03. The van der Waals surface area contributed by atoms with Gasteiger partial charge < -0.3 is 0 Å². The van der Waals surface area contributed by atoms with Gasteiger partial charge in [-0.3, -0.25) is 14.7 Å². The third-order valence-electron chi connectivity index (χ3n) is 4.35. The van der Waals surface area contributed by atoms with Gasteiger partial charge in [0.15, 0.2) is 5.16 Å². The number of carbonyl (C=O) groups is 1. The fourth-order valence-electron chi connectivity index (χ4n) is 2.74. The molecule has 2 aromatic heterocycles. The van der Waals surface area contributed by atoms with Gasteiger partial charge in [0.1, 0.15) is 10.8 Å². The molecule has 1 fully saturated rings. The number of rotatable bonds is 6. The molecular formula is C18H20N6OS2. The SMILES string of the molecule is Cc1ccc(C)c(-n2c(C)nnc2SCC(=O)Nc2nnc(C3CC3)s2)c1. The molecule has 1 saturated carbocycles. The van der Waals surface area contributed by atoms with Crippen molar-refractivity contribution in [1.29, 1.82) is 0 Å². The van der Waals surface area contributed by atoms with Crippen LogP contribution in [0.5, 0.6) is 0 Å². The van der Waals surface area contributed by atoms with Crippen molar-refractivity contribution in [3.05, 3.63) is 40.2 Å². The third-order valence-corrected chi connectivity index (χ3v) is 6.28. The Labute approximate surface area is 165 Å². The van der Waals surface area contributed by atoms with Gasteiger partial charge in [0.2, 0.25) is 11.0 Å². The molecule has 1 aromatic carbocycles. The second kappa shape index (κ2) is 7.40. The molecule has 0 spiro atoms. The Kier molecular flexibility index (Phi) is 4.96. The molecule has 0 unspecified atom stereocenters. The van der Waals surface area contributed by atoms with E-state index in [4.69, 9.17) is 0 Å². The lowest BCUT2D eigenvalue weighted by Gasteiger charge is -2.12. The Morgan fingerprint density at radius 1 is 1.22 bits per heavy atom. The van der Waals surface area contributed by atoms with Crippen LogP contribution in [0.15, 0.2) is 23.4 Å². The molecule has 0 radical (unpaired) electrons. The molecular weight excluding hydrogens is 380 g/mol. The molecule has 7 nitrogen and oxygen atoms in total. The van der Waals surface area contributed by atoms with Crippen LogP contribution in [0.1, 0.15) is 40.7 Å². The van der Waals surface area contributed by atoms with Crippen LogP contribution in [0, 0.1) is 20.8 Å². The van der Waals surface area contributed by atoms with Crippen molar-refractivity contribution in [3.63, 3.8) is 0 Å². The molecule has 140 valence electrons. The second-order valence-electron chi connectivity index (χ2n) is 6.71. The first kappa shape index (κ1) is 18.1. The summed E-state index contributed by atoms with van der Waals surface area (Å²) in [5.74, 6) is 1.46. The van der Waals surface area contributed by atoms with Gasteiger partial charge in [0.25, 0.3) is 0 Å². The Bertz CT molecular complexity index is 992. The van der Waals surface area contributed by atoms with Gasteiger partial charge in [-0.05, 0) is 50.8 Å². The van der Waals surface area contributed by atoms with E-state index >= 15 is 0 Å². The van der Waals surface area contributed by atoms with Crippen LogP contribution in [-0.4, -0.2) is 36.6 Å². The molecule has 1 amide bonds. The number of anilines is 1. The van der Waals surface area contributed by atoms with Crippen molar-refractivity contribution < 1.29 is 4.79 Å². The zero-order valence-corrected chi connectivity index (χ0v) is 17.0. The predicted molar refractivity (Wildman–Crippen MR) is 107 cm³/mol. The number of thioether (sulfide) groups is 1. The fourth-order valence-corrected chi connectivity index (χ4v) is 4.46. The lowest BCUT2D eigenvalue weighted by molar-refractivity contribution is -0.113. The summed E-state index contributed by atoms with van der Waals surface area (Å²) in [5, 5.41) is 21.8. The maximum Gasteiger partial charge on any atom is 0.236 e. The summed E-state index contributed by atoms with van der Waals surface area (Å²) in [4.78, 5) is 12.3. The number of hydrogen-bond donors (Lipinski definition) is 1. The van der Waals surface area contributed by atoms with Gasteiger partial charge in [0.05, 0.1) is 11.4 Å². The third kappa shape index (κ3) is 4.03. The number of nitrogens with zero attached hydrogens (tertiary/aromatic N) is 5. The Morgan fingerprint density at radius 2 is 2.04 bits per heavy atom. The lowest BCUT2D eigenvalue weighted by atomic mass is 10.1. The van der Waals surface area contributed by atoms with E-state index in [-0.39, 0.29) is 11.7 Å². The molecule has 1 N–H and O–H groups in total. The van der Waals surface area contributed by atoms with E-state index in [0.29, 0.717) is 16.2 Å². The van der Waals surface area contributed by atoms with Gasteiger partial charge in [0, 0.05) is 5.92 Å². The van der Waals surface area contributed by atoms with Gasteiger partial charge >= 0.3 is 0 Å². The van der Waals surface area contributed by atoms with Crippen molar-refractivity contribution in [2.45, 2.75) is 44.7 Å². The highest BCUT2D eigenvalue weighted by Crippen LogP contribution is 2.42. The Balaban J connectivity index is 1.45. The van der Waals surface area contributed by atoms with E-state index in [1.54, 1.807) is 0 Å². The molecule has 2 heterocycles. The van der Waals surface area contributed by atoms with Crippen LogP contribution < -0.4 is 5.32 Å².